The lowest BCUT2D eigenvalue weighted by atomic mass is 10.1. The number of rotatable bonds is 6. The summed E-state index contributed by atoms with van der Waals surface area (Å²) in [6.07, 6.45) is 0.971. The zero-order chi connectivity index (χ0) is 18.4. The maximum atomic E-state index is 12.9. The van der Waals surface area contributed by atoms with Crippen LogP contribution in [0.2, 0.25) is 0 Å². The van der Waals surface area contributed by atoms with Gasteiger partial charge < -0.3 is 10.2 Å². The summed E-state index contributed by atoms with van der Waals surface area (Å²) < 4.78 is 0. The van der Waals surface area contributed by atoms with Gasteiger partial charge in [0.1, 0.15) is 0 Å². The van der Waals surface area contributed by atoms with Gasteiger partial charge >= 0.3 is 6.03 Å². The molecule has 1 fully saturated rings. The highest BCUT2D eigenvalue weighted by molar-refractivity contribution is 5.96. The van der Waals surface area contributed by atoms with Gasteiger partial charge in [-0.3, -0.25) is 15.6 Å². The minimum Gasteiger partial charge on any atom is -0.319 e. The molecule has 1 atom stereocenters. The molecule has 6 nitrogen and oxygen atoms in total. The molecule has 1 aliphatic heterocycles. The maximum absolute atomic E-state index is 12.9. The van der Waals surface area contributed by atoms with E-state index in [9.17, 15) is 9.59 Å². The topological polar surface area (TPSA) is 73.5 Å². The summed E-state index contributed by atoms with van der Waals surface area (Å²) >= 11 is 0. The second-order valence-electron chi connectivity index (χ2n) is 6.49. The van der Waals surface area contributed by atoms with Crippen LogP contribution in [0.25, 0.3) is 0 Å². The van der Waals surface area contributed by atoms with Crippen LogP contribution in [0.4, 0.5) is 10.5 Å². The van der Waals surface area contributed by atoms with Crippen LogP contribution in [0.1, 0.15) is 29.3 Å². The minimum atomic E-state index is -0.178. The summed E-state index contributed by atoms with van der Waals surface area (Å²) in [5.41, 5.74) is 8.58. The first-order chi connectivity index (χ1) is 12.6. The van der Waals surface area contributed by atoms with E-state index in [1.165, 1.54) is 6.92 Å². The van der Waals surface area contributed by atoms with E-state index in [2.05, 4.69) is 16.2 Å². The van der Waals surface area contributed by atoms with Gasteiger partial charge in [-0.15, -0.1) is 0 Å². The van der Waals surface area contributed by atoms with Gasteiger partial charge in [0, 0.05) is 36.9 Å². The second-order valence-corrected chi connectivity index (χ2v) is 6.49. The molecule has 3 rings (SSSR count). The first-order valence-corrected chi connectivity index (χ1v) is 8.81. The number of hydrogen-bond acceptors (Lipinski definition) is 4. The Bertz CT molecular complexity index is 757. The molecule has 0 bridgehead atoms. The van der Waals surface area contributed by atoms with E-state index in [0.29, 0.717) is 24.3 Å². The molecule has 6 heteroatoms. The van der Waals surface area contributed by atoms with Crippen LogP contribution in [0, 0.1) is 0 Å². The van der Waals surface area contributed by atoms with Crippen molar-refractivity contribution < 1.29 is 9.59 Å². The van der Waals surface area contributed by atoms with Gasteiger partial charge in [0.2, 0.25) is 0 Å². The number of ketones is 1. The lowest BCUT2D eigenvalue weighted by Crippen LogP contribution is -2.44. The third-order valence-electron chi connectivity index (χ3n) is 4.39. The van der Waals surface area contributed by atoms with Crippen molar-refractivity contribution in [3.05, 3.63) is 65.7 Å². The average molecular weight is 352 g/mol. The normalized spacial score (nSPS) is 16.3. The van der Waals surface area contributed by atoms with Crippen LogP contribution in [0.3, 0.4) is 0 Å². The van der Waals surface area contributed by atoms with Gasteiger partial charge in [-0.05, 0) is 31.0 Å². The summed E-state index contributed by atoms with van der Waals surface area (Å²) in [4.78, 5) is 26.2. The molecule has 0 aromatic heterocycles. The molecule has 26 heavy (non-hydrogen) atoms. The summed E-state index contributed by atoms with van der Waals surface area (Å²) in [7, 11) is 0. The number of Topliss-reactive ketones (excluding diaryl/α,β-unsaturated/α-hetero) is 1. The highest BCUT2D eigenvalue weighted by Gasteiger charge is 2.22. The molecule has 0 aliphatic carbocycles. The van der Waals surface area contributed by atoms with Crippen molar-refractivity contribution in [3.63, 3.8) is 0 Å². The Morgan fingerprint density at radius 2 is 1.96 bits per heavy atom. The zero-order valence-electron chi connectivity index (χ0n) is 14.9. The minimum absolute atomic E-state index is 0.0246. The number of carbonyl (C=O) groups is 2. The second kappa shape index (κ2) is 8.60. The Morgan fingerprint density at radius 3 is 2.65 bits per heavy atom. The van der Waals surface area contributed by atoms with Crippen molar-refractivity contribution >= 4 is 17.5 Å². The number of amides is 2. The van der Waals surface area contributed by atoms with Crippen molar-refractivity contribution in [2.24, 2.45) is 0 Å². The molecule has 136 valence electrons. The molecule has 1 heterocycles. The SMILES string of the molecule is CC(=O)c1cccc(NC(=O)N(Cc2ccccc2)CC2CCNN2)c1. The fraction of sp³-hybridized carbons (Fsp3) is 0.300. The molecule has 1 unspecified atom stereocenters. The van der Waals surface area contributed by atoms with Crippen molar-refractivity contribution in [3.8, 4) is 0 Å². The maximum Gasteiger partial charge on any atom is 0.322 e. The van der Waals surface area contributed by atoms with Crippen LogP contribution in [0.5, 0.6) is 0 Å². The predicted octanol–water partition coefficient (Wildman–Crippen LogP) is 2.79. The van der Waals surface area contributed by atoms with Crippen LogP contribution >= 0.6 is 0 Å². The van der Waals surface area contributed by atoms with Gasteiger partial charge in [-0.25, -0.2) is 4.79 Å². The lowest BCUT2D eigenvalue weighted by Gasteiger charge is -2.26. The number of anilines is 1. The Labute approximate surface area is 153 Å². The van der Waals surface area contributed by atoms with Crippen molar-refractivity contribution in [1.29, 1.82) is 0 Å². The van der Waals surface area contributed by atoms with Gasteiger partial charge in [-0.1, -0.05) is 42.5 Å². The molecule has 2 aromatic carbocycles. The van der Waals surface area contributed by atoms with E-state index in [0.717, 1.165) is 18.5 Å². The third kappa shape index (κ3) is 4.91. The van der Waals surface area contributed by atoms with E-state index < -0.39 is 0 Å². The summed E-state index contributed by atoms with van der Waals surface area (Å²) in [6, 6.07) is 17.0. The predicted molar refractivity (Wildman–Crippen MR) is 102 cm³/mol. The summed E-state index contributed by atoms with van der Waals surface area (Å²) in [6.45, 7) is 3.53. The van der Waals surface area contributed by atoms with E-state index >= 15 is 0 Å². The first-order valence-electron chi connectivity index (χ1n) is 8.81. The van der Waals surface area contributed by atoms with Crippen LogP contribution < -0.4 is 16.2 Å². The average Bonchev–Trinajstić information content (AvgIpc) is 3.15. The molecule has 0 saturated carbocycles. The highest BCUT2D eigenvalue weighted by Crippen LogP contribution is 2.14. The van der Waals surface area contributed by atoms with Crippen LogP contribution in [0.15, 0.2) is 54.6 Å². The number of nitrogens with zero attached hydrogens (tertiary/aromatic N) is 1. The number of benzene rings is 2. The van der Waals surface area contributed by atoms with Gasteiger partial charge in [0.25, 0.3) is 0 Å². The van der Waals surface area contributed by atoms with Gasteiger partial charge in [0.05, 0.1) is 0 Å². The Morgan fingerprint density at radius 1 is 1.15 bits per heavy atom. The molecule has 2 aromatic rings. The van der Waals surface area contributed by atoms with Crippen molar-refractivity contribution in [1.82, 2.24) is 15.8 Å². The monoisotopic (exact) mass is 352 g/mol. The quantitative estimate of drug-likeness (QED) is 0.699. The van der Waals surface area contributed by atoms with Gasteiger partial charge in [0.15, 0.2) is 5.78 Å². The fourth-order valence-corrected chi connectivity index (χ4v) is 2.98. The Kier molecular flexibility index (Phi) is 5.99. The molecule has 1 aliphatic rings. The summed E-state index contributed by atoms with van der Waals surface area (Å²) in [5, 5.41) is 2.92. The van der Waals surface area contributed by atoms with E-state index in [-0.39, 0.29) is 17.9 Å². The first kappa shape index (κ1) is 18.1. The smallest absolute Gasteiger partial charge is 0.319 e. The highest BCUT2D eigenvalue weighted by atomic mass is 16.2. The summed E-state index contributed by atoms with van der Waals surface area (Å²) in [5.74, 6) is -0.0246. The molecular weight excluding hydrogens is 328 g/mol. The number of nitrogens with one attached hydrogen (secondary N) is 3. The largest absolute Gasteiger partial charge is 0.322 e. The lowest BCUT2D eigenvalue weighted by molar-refractivity contribution is 0.101. The fourth-order valence-electron chi connectivity index (χ4n) is 2.98. The number of urea groups is 1. The third-order valence-corrected chi connectivity index (χ3v) is 4.39. The number of hydrogen-bond donors (Lipinski definition) is 3. The Hall–Kier alpha value is -2.70. The van der Waals surface area contributed by atoms with E-state index in [4.69, 9.17) is 0 Å². The molecule has 2 amide bonds. The van der Waals surface area contributed by atoms with E-state index in [1.54, 1.807) is 29.2 Å². The van der Waals surface area contributed by atoms with Crippen molar-refractivity contribution in [2.75, 3.05) is 18.4 Å². The molecular formula is C20H24N4O2. The Balaban J connectivity index is 1.72. The van der Waals surface area contributed by atoms with Crippen LogP contribution in [-0.2, 0) is 6.54 Å². The van der Waals surface area contributed by atoms with Gasteiger partial charge in [-0.2, -0.15) is 0 Å². The number of hydrazine groups is 1. The zero-order valence-corrected chi connectivity index (χ0v) is 14.9. The van der Waals surface area contributed by atoms with E-state index in [1.807, 2.05) is 30.3 Å². The number of carbonyl (C=O) groups excluding carboxylic acids is 2. The van der Waals surface area contributed by atoms with Crippen molar-refractivity contribution in [2.45, 2.75) is 25.9 Å². The molecule has 0 spiro atoms. The van der Waals surface area contributed by atoms with Crippen LogP contribution in [-0.4, -0.2) is 35.8 Å². The molecule has 3 N–H and O–H groups in total. The molecule has 0 radical (unpaired) electrons. The molecule has 1 saturated heterocycles. The standard InChI is InChI=1S/C20H24N4O2/c1-15(25)17-8-5-9-18(12-17)22-20(26)24(14-19-10-11-21-23-19)13-16-6-3-2-4-7-16/h2-9,12,19,21,23H,10-11,13-14H2,1H3,(H,22,26).